The van der Waals surface area contributed by atoms with E-state index in [0.29, 0.717) is 22.3 Å². The van der Waals surface area contributed by atoms with Crippen molar-refractivity contribution in [1.82, 2.24) is 0 Å². The maximum atomic E-state index is 12.3. The molecule has 0 fully saturated rings. The van der Waals surface area contributed by atoms with Gasteiger partial charge in [-0.2, -0.15) is 8.78 Å². The van der Waals surface area contributed by atoms with Gasteiger partial charge in [-0.3, -0.25) is 14.9 Å². The van der Waals surface area contributed by atoms with Crippen molar-refractivity contribution in [3.8, 4) is 5.75 Å². The first-order valence-corrected chi connectivity index (χ1v) is 8.52. The van der Waals surface area contributed by atoms with Gasteiger partial charge in [0.05, 0.1) is 17.6 Å². The van der Waals surface area contributed by atoms with Crippen LogP contribution in [0.2, 0.25) is 0 Å². The number of nitro benzene ring substituents is 1. The maximum Gasteiger partial charge on any atom is 0.338 e. The van der Waals surface area contributed by atoms with Gasteiger partial charge in [0.15, 0.2) is 12.4 Å². The summed E-state index contributed by atoms with van der Waals surface area (Å²) in [7, 11) is 1.14. The molecule has 0 bridgehead atoms. The van der Waals surface area contributed by atoms with E-state index in [1.165, 1.54) is 36.4 Å². The van der Waals surface area contributed by atoms with Crippen LogP contribution in [0.4, 0.5) is 20.2 Å². The van der Waals surface area contributed by atoms with E-state index >= 15 is 0 Å². The fourth-order valence-corrected chi connectivity index (χ4v) is 2.59. The molecule has 2 rings (SSSR count). The first kappa shape index (κ1) is 21.1. The highest BCUT2D eigenvalue weighted by molar-refractivity contribution is 7.99. The highest BCUT2D eigenvalue weighted by Crippen LogP contribution is 2.29. The van der Waals surface area contributed by atoms with E-state index in [1.807, 2.05) is 0 Å². The van der Waals surface area contributed by atoms with Gasteiger partial charge in [-0.1, -0.05) is 11.8 Å². The number of esters is 1. The van der Waals surface area contributed by atoms with E-state index in [-0.39, 0.29) is 11.3 Å². The molecule has 0 spiro atoms. The normalized spacial score (nSPS) is 10.4. The molecule has 0 unspecified atom stereocenters. The quantitative estimate of drug-likeness (QED) is 0.305. The number of ether oxygens (including phenoxy) is 2. The Balaban J connectivity index is 2.00. The number of alkyl halides is 2. The average molecular weight is 412 g/mol. The van der Waals surface area contributed by atoms with E-state index in [2.05, 4.69) is 10.1 Å². The Morgan fingerprint density at radius 3 is 2.46 bits per heavy atom. The summed E-state index contributed by atoms with van der Waals surface area (Å²) < 4.78 is 34.2. The standard InChI is InChI=1S/C17H14F2N2O6S/c1-26-16(23)10-2-7-14(13(8-10)21(24)25)27-9-15(22)20-11-3-5-12(6-4-11)28-17(18)19/h2-8,17H,9H2,1H3,(H,20,22). The molecular formula is C17H14F2N2O6S. The van der Waals surface area contributed by atoms with Crippen molar-refractivity contribution in [2.24, 2.45) is 0 Å². The topological polar surface area (TPSA) is 108 Å². The summed E-state index contributed by atoms with van der Waals surface area (Å²) in [4.78, 5) is 34.1. The van der Waals surface area contributed by atoms with Crippen molar-refractivity contribution in [3.63, 3.8) is 0 Å². The summed E-state index contributed by atoms with van der Waals surface area (Å²) in [6, 6.07) is 9.16. The maximum absolute atomic E-state index is 12.3. The van der Waals surface area contributed by atoms with Gasteiger partial charge < -0.3 is 14.8 Å². The Kier molecular flexibility index (Phi) is 7.27. The van der Waals surface area contributed by atoms with Crippen LogP contribution in [0.3, 0.4) is 0 Å². The van der Waals surface area contributed by atoms with Gasteiger partial charge in [-0.25, -0.2) is 4.79 Å². The minimum Gasteiger partial charge on any atom is -0.477 e. The molecule has 0 saturated carbocycles. The number of rotatable bonds is 8. The summed E-state index contributed by atoms with van der Waals surface area (Å²) in [5.41, 5.74) is -0.181. The molecule has 1 amide bonds. The number of halogens is 2. The zero-order valence-electron chi connectivity index (χ0n) is 14.4. The Morgan fingerprint density at radius 2 is 1.89 bits per heavy atom. The average Bonchev–Trinajstić information content (AvgIpc) is 2.66. The van der Waals surface area contributed by atoms with Gasteiger partial charge in [0.1, 0.15) is 0 Å². The van der Waals surface area contributed by atoms with Crippen molar-refractivity contribution >= 4 is 35.0 Å². The molecule has 148 valence electrons. The number of benzene rings is 2. The highest BCUT2D eigenvalue weighted by atomic mass is 32.2. The van der Waals surface area contributed by atoms with Crippen LogP contribution in [0.5, 0.6) is 5.75 Å². The van der Waals surface area contributed by atoms with Gasteiger partial charge in [0.2, 0.25) is 0 Å². The number of amides is 1. The molecule has 8 nitrogen and oxygen atoms in total. The number of nitro groups is 1. The van der Waals surface area contributed by atoms with Crippen LogP contribution in [0.15, 0.2) is 47.4 Å². The van der Waals surface area contributed by atoms with Crippen LogP contribution in [-0.4, -0.2) is 36.3 Å². The van der Waals surface area contributed by atoms with Crippen LogP contribution < -0.4 is 10.1 Å². The van der Waals surface area contributed by atoms with E-state index in [1.54, 1.807) is 0 Å². The molecular weight excluding hydrogens is 398 g/mol. The van der Waals surface area contributed by atoms with Gasteiger partial charge in [0, 0.05) is 16.6 Å². The number of nitrogens with zero attached hydrogens (tertiary/aromatic N) is 1. The minimum absolute atomic E-state index is 0.0345. The number of carbonyl (C=O) groups excluding carboxylic acids is 2. The van der Waals surface area contributed by atoms with Crippen LogP contribution in [-0.2, 0) is 9.53 Å². The zero-order chi connectivity index (χ0) is 20.7. The molecule has 0 aliphatic rings. The number of hydrogen-bond acceptors (Lipinski definition) is 7. The molecule has 0 radical (unpaired) electrons. The van der Waals surface area contributed by atoms with Crippen molar-refractivity contribution < 1.29 is 32.8 Å². The fourth-order valence-electron chi connectivity index (χ4n) is 2.09. The number of carbonyl (C=O) groups is 2. The molecule has 0 saturated heterocycles. The summed E-state index contributed by atoms with van der Waals surface area (Å²) in [5.74, 6) is -4.10. The monoisotopic (exact) mass is 412 g/mol. The van der Waals surface area contributed by atoms with Gasteiger partial charge in [-0.15, -0.1) is 0 Å². The van der Waals surface area contributed by atoms with E-state index in [9.17, 15) is 28.5 Å². The van der Waals surface area contributed by atoms with Crippen LogP contribution in [0.25, 0.3) is 0 Å². The molecule has 0 aliphatic heterocycles. The Bertz CT molecular complexity index is 876. The largest absolute Gasteiger partial charge is 0.477 e. The van der Waals surface area contributed by atoms with Crippen LogP contribution in [0.1, 0.15) is 10.4 Å². The van der Waals surface area contributed by atoms with Crippen molar-refractivity contribution in [1.29, 1.82) is 0 Å². The number of methoxy groups -OCH3 is 1. The van der Waals surface area contributed by atoms with E-state index in [0.717, 1.165) is 13.2 Å². The molecule has 2 aromatic carbocycles. The second-order valence-electron chi connectivity index (χ2n) is 5.17. The Hall–Kier alpha value is -3.21. The van der Waals surface area contributed by atoms with E-state index < -0.39 is 34.9 Å². The van der Waals surface area contributed by atoms with Gasteiger partial charge in [-0.05, 0) is 36.4 Å². The second-order valence-corrected chi connectivity index (χ2v) is 6.23. The predicted molar refractivity (Wildman–Crippen MR) is 96.9 cm³/mol. The second kappa shape index (κ2) is 9.65. The minimum atomic E-state index is -2.55. The molecule has 2 aromatic rings. The van der Waals surface area contributed by atoms with Crippen molar-refractivity contribution in [2.75, 3.05) is 19.0 Å². The molecule has 28 heavy (non-hydrogen) atoms. The highest BCUT2D eigenvalue weighted by Gasteiger charge is 2.20. The Morgan fingerprint density at radius 1 is 1.21 bits per heavy atom. The van der Waals surface area contributed by atoms with Gasteiger partial charge in [0.25, 0.3) is 11.7 Å². The Labute approximate surface area is 162 Å². The third-order valence-electron chi connectivity index (χ3n) is 3.30. The zero-order valence-corrected chi connectivity index (χ0v) is 15.2. The first-order chi connectivity index (χ1) is 13.3. The lowest BCUT2D eigenvalue weighted by Gasteiger charge is -2.09. The molecule has 0 aliphatic carbocycles. The lowest BCUT2D eigenvalue weighted by Crippen LogP contribution is -2.20. The molecule has 0 heterocycles. The lowest BCUT2D eigenvalue weighted by molar-refractivity contribution is -0.385. The molecule has 0 atom stereocenters. The number of anilines is 1. The van der Waals surface area contributed by atoms with E-state index in [4.69, 9.17) is 4.74 Å². The fraction of sp³-hybridized carbons (Fsp3) is 0.176. The number of thioether (sulfide) groups is 1. The summed E-state index contributed by atoms with van der Waals surface area (Å²) >= 11 is 0.375. The van der Waals surface area contributed by atoms with Crippen molar-refractivity contribution in [2.45, 2.75) is 10.7 Å². The SMILES string of the molecule is COC(=O)c1ccc(OCC(=O)Nc2ccc(SC(F)F)cc2)c([N+](=O)[O-])c1. The number of nitrogens with one attached hydrogen (secondary N) is 1. The first-order valence-electron chi connectivity index (χ1n) is 7.64. The summed E-state index contributed by atoms with van der Waals surface area (Å²) in [6.07, 6.45) is 0. The predicted octanol–water partition coefficient (Wildman–Crippen LogP) is 3.71. The molecule has 0 aromatic heterocycles. The van der Waals surface area contributed by atoms with Crippen LogP contribution >= 0.6 is 11.8 Å². The summed E-state index contributed by atoms with van der Waals surface area (Å²) in [6.45, 7) is -0.536. The third-order valence-corrected chi connectivity index (χ3v) is 4.02. The smallest absolute Gasteiger partial charge is 0.338 e. The lowest BCUT2D eigenvalue weighted by atomic mass is 10.2. The number of hydrogen-bond donors (Lipinski definition) is 1. The summed E-state index contributed by atoms with van der Waals surface area (Å²) in [5, 5.41) is 13.6. The third kappa shape index (κ3) is 5.91. The van der Waals surface area contributed by atoms with Crippen LogP contribution in [0, 0.1) is 10.1 Å². The van der Waals surface area contributed by atoms with Crippen molar-refractivity contribution in [3.05, 3.63) is 58.1 Å². The molecule has 11 heteroatoms. The molecule has 1 N–H and O–H groups in total. The van der Waals surface area contributed by atoms with Gasteiger partial charge >= 0.3 is 11.7 Å².